The molecule has 0 saturated heterocycles. The van der Waals surface area contributed by atoms with Gasteiger partial charge in [0.15, 0.2) is 0 Å². The highest BCUT2D eigenvalue weighted by atomic mass is 32.2. The van der Waals surface area contributed by atoms with Gasteiger partial charge in [-0.15, -0.1) is 0 Å². The van der Waals surface area contributed by atoms with Crippen LogP contribution in [0.2, 0.25) is 0 Å². The smallest absolute Gasteiger partial charge is 0.407 e. The Bertz CT molecular complexity index is 264. The van der Waals surface area contributed by atoms with Gasteiger partial charge in [0.2, 0.25) is 0 Å². The summed E-state index contributed by atoms with van der Waals surface area (Å²) in [4.78, 5) is 11.3. The molecule has 0 radical (unpaired) electrons. The van der Waals surface area contributed by atoms with Gasteiger partial charge >= 0.3 is 12.3 Å². The predicted molar refractivity (Wildman–Crippen MR) is 66.8 cm³/mol. The number of alkyl halides is 3. The number of thioether (sulfide) groups is 1. The second kappa shape index (κ2) is 7.11. The Morgan fingerprint density at radius 2 is 1.89 bits per heavy atom. The lowest BCUT2D eigenvalue weighted by molar-refractivity contribution is -0.129. The lowest BCUT2D eigenvalue weighted by atomic mass is 10.1. The molecule has 3 nitrogen and oxygen atoms in total. The summed E-state index contributed by atoms with van der Waals surface area (Å²) in [6, 6.07) is 0. The summed E-state index contributed by atoms with van der Waals surface area (Å²) >= 11 is 1.12. The lowest BCUT2D eigenvalue weighted by Gasteiger charge is -2.22. The van der Waals surface area contributed by atoms with E-state index in [0.29, 0.717) is 5.75 Å². The molecule has 18 heavy (non-hydrogen) atoms. The number of carbonyl (C=O) groups excluding carboxylic acids is 1. The zero-order valence-corrected chi connectivity index (χ0v) is 11.9. The van der Waals surface area contributed by atoms with Crippen LogP contribution in [0.25, 0.3) is 0 Å². The van der Waals surface area contributed by atoms with E-state index in [1.807, 2.05) is 20.8 Å². The standard InChI is InChI=1S/C11H20F3NO2S/c1-8(7-18-6-5-11(12,13)14)17-9(16)15-10(2,3)4/h8H,5-7H2,1-4H3,(H,15,16)/t8-/m1/s1. The molecule has 0 unspecified atom stereocenters. The molecule has 0 saturated carbocycles. The molecule has 0 aliphatic rings. The van der Waals surface area contributed by atoms with E-state index in [2.05, 4.69) is 5.32 Å². The van der Waals surface area contributed by atoms with Crippen molar-refractivity contribution in [3.63, 3.8) is 0 Å². The van der Waals surface area contributed by atoms with E-state index in [-0.39, 0.29) is 11.3 Å². The van der Waals surface area contributed by atoms with E-state index < -0.39 is 24.8 Å². The van der Waals surface area contributed by atoms with Crippen LogP contribution in [0.3, 0.4) is 0 Å². The van der Waals surface area contributed by atoms with Gasteiger partial charge in [-0.2, -0.15) is 24.9 Å². The SMILES string of the molecule is C[C@H](CSCCC(F)(F)F)OC(=O)NC(C)(C)C. The Kier molecular flexibility index (Phi) is 6.88. The molecular formula is C11H20F3NO2S. The normalized spacial score (nSPS) is 14.2. The Balaban J connectivity index is 3.72. The minimum atomic E-state index is -4.12. The summed E-state index contributed by atoms with van der Waals surface area (Å²) in [7, 11) is 0. The van der Waals surface area contributed by atoms with E-state index in [4.69, 9.17) is 4.74 Å². The molecule has 0 aliphatic heterocycles. The third-order valence-corrected chi connectivity index (χ3v) is 2.87. The van der Waals surface area contributed by atoms with E-state index in [1.165, 1.54) is 0 Å². The summed E-state index contributed by atoms with van der Waals surface area (Å²) in [5, 5.41) is 2.61. The van der Waals surface area contributed by atoms with Crippen LogP contribution in [0, 0.1) is 0 Å². The monoisotopic (exact) mass is 287 g/mol. The van der Waals surface area contributed by atoms with Gasteiger partial charge in [0.05, 0.1) is 6.42 Å². The van der Waals surface area contributed by atoms with Gasteiger partial charge in [0.25, 0.3) is 0 Å². The van der Waals surface area contributed by atoms with E-state index in [9.17, 15) is 18.0 Å². The molecule has 0 spiro atoms. The highest BCUT2D eigenvalue weighted by Crippen LogP contribution is 2.22. The summed E-state index contributed by atoms with van der Waals surface area (Å²) < 4.78 is 40.6. The van der Waals surface area contributed by atoms with Gasteiger partial charge in [0, 0.05) is 17.0 Å². The Hall–Kier alpha value is -0.590. The van der Waals surface area contributed by atoms with Crippen LogP contribution in [-0.4, -0.2) is 35.4 Å². The van der Waals surface area contributed by atoms with Crippen molar-refractivity contribution in [2.75, 3.05) is 11.5 Å². The van der Waals surface area contributed by atoms with Gasteiger partial charge in [-0.3, -0.25) is 0 Å². The van der Waals surface area contributed by atoms with Crippen molar-refractivity contribution in [2.24, 2.45) is 0 Å². The first kappa shape index (κ1) is 17.4. The van der Waals surface area contributed by atoms with Gasteiger partial charge in [-0.05, 0) is 27.7 Å². The molecule has 1 amide bonds. The largest absolute Gasteiger partial charge is 0.446 e. The first-order valence-corrected chi connectivity index (χ1v) is 6.78. The maximum absolute atomic E-state index is 11.9. The molecule has 0 aromatic rings. The summed E-state index contributed by atoms with van der Waals surface area (Å²) in [5.74, 6) is 0.339. The van der Waals surface area contributed by atoms with E-state index in [0.717, 1.165) is 11.8 Å². The quantitative estimate of drug-likeness (QED) is 0.785. The Morgan fingerprint density at radius 3 is 2.33 bits per heavy atom. The Labute approximate surface area is 110 Å². The van der Waals surface area contributed by atoms with Crippen molar-refractivity contribution in [1.82, 2.24) is 5.32 Å². The van der Waals surface area contributed by atoms with Gasteiger partial charge < -0.3 is 10.1 Å². The van der Waals surface area contributed by atoms with Crippen LogP contribution >= 0.6 is 11.8 Å². The average Bonchev–Trinajstić information content (AvgIpc) is 2.07. The fourth-order valence-electron chi connectivity index (χ4n) is 0.990. The number of hydrogen-bond acceptors (Lipinski definition) is 3. The van der Waals surface area contributed by atoms with Crippen molar-refractivity contribution in [1.29, 1.82) is 0 Å². The zero-order valence-electron chi connectivity index (χ0n) is 11.1. The molecule has 1 N–H and O–H groups in total. The summed E-state index contributed by atoms with van der Waals surface area (Å²) in [6.45, 7) is 7.11. The molecule has 0 fully saturated rings. The average molecular weight is 287 g/mol. The number of rotatable bonds is 5. The lowest BCUT2D eigenvalue weighted by Crippen LogP contribution is -2.42. The van der Waals surface area contributed by atoms with Crippen LogP contribution in [0.5, 0.6) is 0 Å². The number of ether oxygens (including phenoxy) is 1. The van der Waals surface area contributed by atoms with Gasteiger partial charge in [-0.25, -0.2) is 4.79 Å². The van der Waals surface area contributed by atoms with E-state index in [1.54, 1.807) is 6.92 Å². The predicted octanol–water partition coefficient (Wildman–Crippen LogP) is 3.59. The number of amides is 1. The third kappa shape index (κ3) is 11.9. The fraction of sp³-hybridized carbons (Fsp3) is 0.909. The number of nitrogens with one attached hydrogen (secondary N) is 1. The second-order valence-electron chi connectivity index (χ2n) is 5.03. The first-order valence-electron chi connectivity index (χ1n) is 5.63. The highest BCUT2D eigenvalue weighted by Gasteiger charge is 2.26. The topological polar surface area (TPSA) is 38.3 Å². The zero-order chi connectivity index (χ0) is 14.4. The molecule has 0 bridgehead atoms. The summed E-state index contributed by atoms with van der Waals surface area (Å²) in [5.41, 5.74) is -0.389. The van der Waals surface area contributed by atoms with Crippen molar-refractivity contribution < 1.29 is 22.7 Å². The number of alkyl carbamates (subject to hydrolysis) is 1. The molecule has 1 atom stereocenters. The first-order chi connectivity index (χ1) is 7.99. The fourth-order valence-corrected chi connectivity index (χ4v) is 1.93. The molecule has 0 heterocycles. The summed E-state index contributed by atoms with van der Waals surface area (Å²) in [6.07, 6.45) is -5.91. The van der Waals surface area contributed by atoms with Crippen molar-refractivity contribution in [2.45, 2.75) is 51.9 Å². The van der Waals surface area contributed by atoms with Crippen molar-refractivity contribution in [3.8, 4) is 0 Å². The molecule has 0 aromatic heterocycles. The van der Waals surface area contributed by atoms with Crippen LogP contribution in [0.15, 0.2) is 0 Å². The van der Waals surface area contributed by atoms with Crippen LogP contribution in [-0.2, 0) is 4.74 Å². The minimum Gasteiger partial charge on any atom is -0.446 e. The number of carbonyl (C=O) groups is 1. The van der Waals surface area contributed by atoms with Crippen molar-refractivity contribution >= 4 is 17.9 Å². The van der Waals surface area contributed by atoms with Crippen LogP contribution in [0.1, 0.15) is 34.1 Å². The molecule has 0 aromatic carbocycles. The third-order valence-electron chi connectivity index (χ3n) is 1.67. The number of hydrogen-bond donors (Lipinski definition) is 1. The van der Waals surface area contributed by atoms with Crippen LogP contribution in [0.4, 0.5) is 18.0 Å². The van der Waals surface area contributed by atoms with Gasteiger partial charge in [-0.1, -0.05) is 0 Å². The molecule has 7 heteroatoms. The number of halogens is 3. The Morgan fingerprint density at radius 1 is 1.33 bits per heavy atom. The molecule has 0 aliphatic carbocycles. The van der Waals surface area contributed by atoms with E-state index >= 15 is 0 Å². The van der Waals surface area contributed by atoms with Crippen molar-refractivity contribution in [3.05, 3.63) is 0 Å². The maximum Gasteiger partial charge on any atom is 0.407 e. The molecule has 108 valence electrons. The maximum atomic E-state index is 11.9. The molecule has 0 rings (SSSR count). The minimum absolute atomic E-state index is 0.0158. The molecular weight excluding hydrogens is 267 g/mol. The van der Waals surface area contributed by atoms with Gasteiger partial charge in [0.1, 0.15) is 6.10 Å². The highest BCUT2D eigenvalue weighted by molar-refractivity contribution is 7.99. The van der Waals surface area contributed by atoms with Crippen LogP contribution < -0.4 is 5.32 Å². The second-order valence-corrected chi connectivity index (χ2v) is 6.18.